The highest BCUT2D eigenvalue weighted by molar-refractivity contribution is 7.19. The molecule has 0 unspecified atom stereocenters. The number of hydrogen-bond donors (Lipinski definition) is 0. The third-order valence-electron chi connectivity index (χ3n) is 5.97. The van der Waals surface area contributed by atoms with Gasteiger partial charge >= 0.3 is 18.0 Å². The summed E-state index contributed by atoms with van der Waals surface area (Å²) in [5.74, 6) is -0.505. The SMILES string of the molecule is CN(C(=O)c1cc(-c2cn(-c3c(Cl)cc(C(F)(C(F)(F)F)C(F)(F)F)cc3Cl)nn2)sc1Cl)C1(C#N)CC1. The molecule has 0 N–H and O–H groups in total. The molecule has 0 bridgehead atoms. The summed E-state index contributed by atoms with van der Waals surface area (Å²) in [6, 6.07) is 3.79. The Morgan fingerprint density at radius 3 is 2.11 bits per heavy atom. The Balaban J connectivity index is 1.69. The lowest BCUT2D eigenvalue weighted by Gasteiger charge is -2.30. The minimum Gasteiger partial charge on any atom is -0.323 e. The van der Waals surface area contributed by atoms with Crippen molar-refractivity contribution >= 4 is 52.0 Å². The fourth-order valence-corrected chi connectivity index (χ4v) is 5.48. The van der Waals surface area contributed by atoms with Crippen molar-refractivity contribution in [3.05, 3.63) is 49.9 Å². The van der Waals surface area contributed by atoms with E-state index in [1.165, 1.54) is 24.2 Å². The van der Waals surface area contributed by atoms with Crippen molar-refractivity contribution in [1.82, 2.24) is 19.9 Å². The Hall–Kier alpha value is -2.60. The van der Waals surface area contributed by atoms with Crippen molar-refractivity contribution in [3.8, 4) is 22.3 Å². The number of rotatable bonds is 5. The van der Waals surface area contributed by atoms with Crippen molar-refractivity contribution < 1.29 is 35.5 Å². The Kier molecular flexibility index (Phi) is 6.92. The van der Waals surface area contributed by atoms with E-state index in [0.29, 0.717) is 17.7 Å². The second kappa shape index (κ2) is 9.25. The highest BCUT2D eigenvalue weighted by Gasteiger charge is 2.73. The van der Waals surface area contributed by atoms with Gasteiger partial charge in [0, 0.05) is 12.6 Å². The molecule has 2 heterocycles. The quantitative estimate of drug-likeness (QED) is 0.279. The normalized spacial score (nSPS) is 15.3. The number of benzene rings is 1. The standard InChI is InChI=1S/C21H11Cl3F7N5OS/c1-35(18(8-32)2-3-18)17(37)10-6-14(38-16(10)24)13-7-36(34-33-13)15-11(22)4-9(5-12(15)23)19(25,20(26,27)28)21(29,30)31/h4-7H,2-3H2,1H3. The summed E-state index contributed by atoms with van der Waals surface area (Å²) < 4.78 is 94.2. The van der Waals surface area contributed by atoms with Gasteiger partial charge in [-0.2, -0.15) is 31.6 Å². The van der Waals surface area contributed by atoms with Crippen molar-refractivity contribution in [2.24, 2.45) is 0 Å². The van der Waals surface area contributed by atoms with E-state index in [4.69, 9.17) is 34.8 Å². The van der Waals surface area contributed by atoms with Crippen LogP contribution in [-0.2, 0) is 5.67 Å². The first-order chi connectivity index (χ1) is 17.5. The van der Waals surface area contributed by atoms with Crippen LogP contribution in [0.2, 0.25) is 14.4 Å². The van der Waals surface area contributed by atoms with Gasteiger partial charge in [-0.25, -0.2) is 9.07 Å². The lowest BCUT2D eigenvalue weighted by molar-refractivity contribution is -0.348. The molecular formula is C21H11Cl3F7N5OS. The number of hydrogen-bond acceptors (Lipinski definition) is 5. The maximum Gasteiger partial charge on any atom is 0.435 e. The zero-order valence-corrected chi connectivity index (χ0v) is 21.6. The number of carbonyl (C=O) groups is 1. The van der Waals surface area contributed by atoms with E-state index in [9.17, 15) is 40.8 Å². The first kappa shape index (κ1) is 28.4. The number of nitrogens with zero attached hydrogens (tertiary/aromatic N) is 5. The fraction of sp³-hybridized carbons (Fsp3) is 0.333. The predicted molar refractivity (Wildman–Crippen MR) is 124 cm³/mol. The maximum absolute atomic E-state index is 14.5. The van der Waals surface area contributed by atoms with Crippen LogP contribution in [0, 0.1) is 11.3 Å². The smallest absolute Gasteiger partial charge is 0.323 e. The molecule has 6 nitrogen and oxygen atoms in total. The zero-order chi connectivity index (χ0) is 28.4. The van der Waals surface area contributed by atoms with Crippen LogP contribution in [-0.4, -0.2) is 50.7 Å². The van der Waals surface area contributed by atoms with Crippen molar-refractivity contribution in [3.63, 3.8) is 0 Å². The molecule has 0 radical (unpaired) electrons. The molecule has 4 rings (SSSR count). The summed E-state index contributed by atoms with van der Waals surface area (Å²) in [5, 5.41) is 15.4. The summed E-state index contributed by atoms with van der Waals surface area (Å²) in [4.78, 5) is 14.5. The van der Waals surface area contributed by atoms with Gasteiger partial charge in [-0.3, -0.25) is 4.79 Å². The molecule has 38 heavy (non-hydrogen) atoms. The molecule has 1 aromatic carbocycles. The molecule has 1 amide bonds. The number of nitriles is 1. The lowest BCUT2D eigenvalue weighted by atomic mass is 9.94. The van der Waals surface area contributed by atoms with E-state index in [-0.39, 0.29) is 33.4 Å². The average molecular weight is 621 g/mol. The molecule has 1 fully saturated rings. The van der Waals surface area contributed by atoms with Gasteiger partial charge in [-0.1, -0.05) is 40.0 Å². The van der Waals surface area contributed by atoms with Gasteiger partial charge in [0.1, 0.15) is 21.3 Å². The third-order valence-corrected chi connectivity index (χ3v) is 7.92. The van der Waals surface area contributed by atoms with Gasteiger partial charge in [0.15, 0.2) is 0 Å². The average Bonchev–Trinajstić information content (AvgIpc) is 3.30. The number of carbonyl (C=O) groups excluding carboxylic acids is 1. The van der Waals surface area contributed by atoms with E-state index in [0.717, 1.165) is 16.0 Å². The van der Waals surface area contributed by atoms with Gasteiger partial charge in [0.05, 0.1) is 32.8 Å². The van der Waals surface area contributed by atoms with E-state index >= 15 is 0 Å². The minimum atomic E-state index is -6.35. The fourth-order valence-electron chi connectivity index (χ4n) is 3.61. The molecule has 0 aliphatic heterocycles. The summed E-state index contributed by atoms with van der Waals surface area (Å²) >= 11 is 19.0. The largest absolute Gasteiger partial charge is 0.435 e. The van der Waals surface area contributed by atoms with Crippen LogP contribution in [0.25, 0.3) is 16.3 Å². The van der Waals surface area contributed by atoms with Gasteiger partial charge < -0.3 is 4.90 Å². The number of aromatic nitrogens is 3. The summed E-state index contributed by atoms with van der Waals surface area (Å²) in [5.41, 5.74) is -8.68. The summed E-state index contributed by atoms with van der Waals surface area (Å²) in [6.45, 7) is 0. The summed E-state index contributed by atoms with van der Waals surface area (Å²) in [7, 11) is 1.47. The third kappa shape index (κ3) is 4.49. The topological polar surface area (TPSA) is 74.8 Å². The van der Waals surface area contributed by atoms with E-state index < -0.39 is 45.1 Å². The van der Waals surface area contributed by atoms with Crippen LogP contribution < -0.4 is 0 Å². The number of alkyl halides is 7. The van der Waals surface area contributed by atoms with Crippen LogP contribution in [0.4, 0.5) is 30.7 Å². The first-order valence-corrected chi connectivity index (χ1v) is 12.2. The number of halogens is 10. The first-order valence-electron chi connectivity index (χ1n) is 10.2. The van der Waals surface area contributed by atoms with Crippen molar-refractivity contribution in [1.29, 1.82) is 5.26 Å². The molecule has 0 spiro atoms. The predicted octanol–water partition coefficient (Wildman–Crippen LogP) is 7.37. The molecule has 3 aromatic rings. The highest BCUT2D eigenvalue weighted by Crippen LogP contribution is 2.54. The Morgan fingerprint density at radius 1 is 1.08 bits per heavy atom. The van der Waals surface area contributed by atoms with Crippen molar-refractivity contribution in [2.75, 3.05) is 7.05 Å². The second-order valence-electron chi connectivity index (χ2n) is 8.30. The van der Waals surface area contributed by atoms with Gasteiger partial charge in [0.2, 0.25) is 0 Å². The van der Waals surface area contributed by atoms with Crippen LogP contribution >= 0.6 is 46.1 Å². The van der Waals surface area contributed by atoms with Gasteiger partial charge in [0.25, 0.3) is 5.91 Å². The Bertz CT molecular complexity index is 1440. The maximum atomic E-state index is 14.5. The Morgan fingerprint density at radius 2 is 1.63 bits per heavy atom. The molecule has 17 heteroatoms. The van der Waals surface area contributed by atoms with E-state index in [1.807, 2.05) is 0 Å². The molecule has 2 aromatic heterocycles. The molecule has 0 atom stereocenters. The zero-order valence-electron chi connectivity index (χ0n) is 18.6. The number of thiophene rings is 1. The Labute approximate surface area is 228 Å². The van der Waals surface area contributed by atoms with Gasteiger partial charge in [-0.05, 0) is 31.0 Å². The molecule has 0 saturated heterocycles. The van der Waals surface area contributed by atoms with Crippen LogP contribution in [0.5, 0.6) is 0 Å². The monoisotopic (exact) mass is 619 g/mol. The molecule has 1 aliphatic carbocycles. The molecular weight excluding hydrogens is 610 g/mol. The van der Waals surface area contributed by atoms with Crippen LogP contribution in [0.1, 0.15) is 28.8 Å². The minimum absolute atomic E-state index is 0.0825. The highest BCUT2D eigenvalue weighted by atomic mass is 35.5. The molecule has 1 aliphatic rings. The van der Waals surface area contributed by atoms with E-state index in [1.54, 1.807) is 0 Å². The van der Waals surface area contributed by atoms with Crippen molar-refractivity contribution in [2.45, 2.75) is 36.4 Å². The lowest BCUT2D eigenvalue weighted by Crippen LogP contribution is -2.50. The van der Waals surface area contributed by atoms with E-state index in [2.05, 4.69) is 16.4 Å². The summed E-state index contributed by atoms with van der Waals surface area (Å²) in [6.07, 6.45) is -10.5. The second-order valence-corrected chi connectivity index (χ2v) is 10.8. The van der Waals surface area contributed by atoms with Crippen LogP contribution in [0.15, 0.2) is 24.4 Å². The van der Waals surface area contributed by atoms with Gasteiger partial charge in [-0.15, -0.1) is 16.4 Å². The van der Waals surface area contributed by atoms with Crippen LogP contribution in [0.3, 0.4) is 0 Å². The molecule has 1 saturated carbocycles. The number of amides is 1. The molecule has 202 valence electrons.